The number of amides is 2. The minimum atomic E-state index is 0.0117. The Morgan fingerprint density at radius 3 is 2.55 bits per heavy atom. The van der Waals surface area contributed by atoms with Crippen LogP contribution in [0.1, 0.15) is 44.9 Å². The van der Waals surface area contributed by atoms with Crippen molar-refractivity contribution in [2.75, 3.05) is 13.1 Å². The molecule has 2 aliphatic carbocycles. The fourth-order valence-electron chi connectivity index (χ4n) is 4.30. The van der Waals surface area contributed by atoms with E-state index in [-0.39, 0.29) is 24.4 Å². The van der Waals surface area contributed by atoms with Crippen LogP contribution < -0.4 is 11.1 Å². The highest BCUT2D eigenvalue weighted by Gasteiger charge is 2.40. The van der Waals surface area contributed by atoms with Gasteiger partial charge in [-0.15, -0.1) is 0 Å². The van der Waals surface area contributed by atoms with E-state index >= 15 is 0 Å². The van der Waals surface area contributed by atoms with E-state index in [2.05, 4.69) is 5.32 Å². The molecule has 2 amide bonds. The average molecular weight is 279 g/mol. The summed E-state index contributed by atoms with van der Waals surface area (Å²) < 4.78 is 0. The van der Waals surface area contributed by atoms with Crippen LogP contribution in [0.2, 0.25) is 0 Å². The second-order valence-corrected chi connectivity index (χ2v) is 6.69. The summed E-state index contributed by atoms with van der Waals surface area (Å²) in [6.07, 6.45) is 7.16. The predicted octanol–water partition coefficient (Wildman–Crippen LogP) is 0.631. The van der Waals surface area contributed by atoms with Crippen molar-refractivity contribution in [3.05, 3.63) is 0 Å². The lowest BCUT2D eigenvalue weighted by molar-refractivity contribution is -0.134. The Morgan fingerprint density at radius 1 is 1.25 bits per heavy atom. The molecule has 5 heteroatoms. The normalized spacial score (nSPS) is 37.0. The van der Waals surface area contributed by atoms with Crippen molar-refractivity contribution in [3.63, 3.8) is 0 Å². The van der Waals surface area contributed by atoms with Gasteiger partial charge in [0.1, 0.15) is 0 Å². The van der Waals surface area contributed by atoms with Gasteiger partial charge in [-0.3, -0.25) is 9.59 Å². The maximum Gasteiger partial charge on any atom is 0.239 e. The van der Waals surface area contributed by atoms with Gasteiger partial charge >= 0.3 is 0 Å². The van der Waals surface area contributed by atoms with E-state index in [1.54, 1.807) is 4.90 Å². The Hall–Kier alpha value is -1.10. The molecule has 0 radical (unpaired) electrons. The summed E-state index contributed by atoms with van der Waals surface area (Å²) in [4.78, 5) is 25.4. The van der Waals surface area contributed by atoms with Gasteiger partial charge in [0.25, 0.3) is 0 Å². The number of carbonyl (C=O) groups is 2. The number of hydrogen-bond donors (Lipinski definition) is 2. The molecule has 20 heavy (non-hydrogen) atoms. The average Bonchev–Trinajstić information content (AvgIpc) is 2.76. The number of nitrogens with one attached hydrogen (secondary N) is 1. The molecule has 0 aromatic rings. The van der Waals surface area contributed by atoms with Crippen molar-refractivity contribution in [2.24, 2.45) is 17.6 Å². The summed E-state index contributed by atoms with van der Waals surface area (Å²) in [7, 11) is 0. The summed E-state index contributed by atoms with van der Waals surface area (Å²) >= 11 is 0. The zero-order chi connectivity index (χ0) is 14.1. The molecule has 3 aliphatic rings. The lowest BCUT2D eigenvalue weighted by Gasteiger charge is -2.45. The van der Waals surface area contributed by atoms with E-state index in [0.29, 0.717) is 24.3 Å². The quantitative estimate of drug-likeness (QED) is 0.795. The van der Waals surface area contributed by atoms with Crippen molar-refractivity contribution in [1.82, 2.24) is 10.2 Å². The van der Waals surface area contributed by atoms with Crippen LogP contribution in [-0.2, 0) is 9.59 Å². The van der Waals surface area contributed by atoms with Crippen LogP contribution in [0.3, 0.4) is 0 Å². The molecule has 1 heterocycles. The maximum absolute atomic E-state index is 12.2. The third-order valence-electron chi connectivity index (χ3n) is 5.21. The molecule has 1 aliphatic heterocycles. The number of carbonyl (C=O) groups excluding carboxylic acids is 2. The van der Waals surface area contributed by atoms with Gasteiger partial charge in [0.2, 0.25) is 11.8 Å². The van der Waals surface area contributed by atoms with E-state index in [1.165, 1.54) is 19.3 Å². The summed E-state index contributed by atoms with van der Waals surface area (Å²) in [6.45, 7) is 0.968. The molecule has 2 unspecified atom stereocenters. The topological polar surface area (TPSA) is 75.4 Å². The van der Waals surface area contributed by atoms with Crippen molar-refractivity contribution >= 4 is 11.8 Å². The third-order valence-corrected chi connectivity index (χ3v) is 5.21. The van der Waals surface area contributed by atoms with E-state index < -0.39 is 0 Å². The lowest BCUT2D eigenvalue weighted by atomic mass is 9.67. The maximum atomic E-state index is 12.2. The second-order valence-electron chi connectivity index (χ2n) is 6.69. The molecule has 112 valence electrons. The van der Waals surface area contributed by atoms with E-state index in [0.717, 1.165) is 25.8 Å². The van der Waals surface area contributed by atoms with Crippen LogP contribution in [0.25, 0.3) is 0 Å². The molecule has 0 spiro atoms. The Bertz CT molecular complexity index is 385. The first-order valence-corrected chi connectivity index (χ1v) is 7.96. The number of fused-ring (bicyclic) bond motifs is 2. The van der Waals surface area contributed by atoms with Crippen molar-refractivity contribution in [2.45, 2.75) is 57.0 Å². The number of hydrogen-bond acceptors (Lipinski definition) is 3. The smallest absolute Gasteiger partial charge is 0.239 e. The van der Waals surface area contributed by atoms with Crippen LogP contribution in [0.15, 0.2) is 0 Å². The lowest BCUT2D eigenvalue weighted by Crippen LogP contribution is -2.55. The number of rotatable bonds is 3. The highest BCUT2D eigenvalue weighted by atomic mass is 16.2. The van der Waals surface area contributed by atoms with Crippen LogP contribution in [-0.4, -0.2) is 41.9 Å². The van der Waals surface area contributed by atoms with Crippen LogP contribution in [0, 0.1) is 11.8 Å². The molecule has 1 saturated heterocycles. The van der Waals surface area contributed by atoms with E-state index in [4.69, 9.17) is 5.73 Å². The van der Waals surface area contributed by atoms with Crippen molar-refractivity contribution < 1.29 is 9.59 Å². The van der Waals surface area contributed by atoms with Gasteiger partial charge in [0.05, 0.1) is 6.54 Å². The van der Waals surface area contributed by atoms with E-state index in [1.807, 2.05) is 0 Å². The minimum Gasteiger partial charge on any atom is -0.351 e. The molecule has 3 fully saturated rings. The molecule has 3 N–H and O–H groups in total. The standard InChI is InChI=1S/C15H25N3O2/c16-12-7-10-3-1-4-11(8-12)15(10)17-13(19)9-18-6-2-5-14(18)20/h10-12,15H,1-9,16H2,(H,17,19). The molecule has 5 nitrogen and oxygen atoms in total. The predicted molar refractivity (Wildman–Crippen MR) is 75.8 cm³/mol. The van der Waals surface area contributed by atoms with Gasteiger partial charge in [-0.25, -0.2) is 0 Å². The van der Waals surface area contributed by atoms with Gasteiger partial charge in [0.15, 0.2) is 0 Å². The minimum absolute atomic E-state index is 0.0117. The fourth-order valence-corrected chi connectivity index (χ4v) is 4.30. The molecule has 2 saturated carbocycles. The Morgan fingerprint density at radius 2 is 1.95 bits per heavy atom. The number of nitrogens with zero attached hydrogens (tertiary/aromatic N) is 1. The second kappa shape index (κ2) is 5.72. The van der Waals surface area contributed by atoms with Crippen LogP contribution in [0.4, 0.5) is 0 Å². The van der Waals surface area contributed by atoms with E-state index in [9.17, 15) is 9.59 Å². The molecule has 3 rings (SSSR count). The number of nitrogens with two attached hydrogens (primary N) is 1. The van der Waals surface area contributed by atoms with Crippen molar-refractivity contribution in [1.29, 1.82) is 0 Å². The fraction of sp³-hybridized carbons (Fsp3) is 0.867. The van der Waals surface area contributed by atoms with Gasteiger partial charge in [-0.1, -0.05) is 6.42 Å². The van der Waals surface area contributed by atoms with Crippen LogP contribution in [0.5, 0.6) is 0 Å². The molecule has 0 aromatic carbocycles. The molecular formula is C15H25N3O2. The monoisotopic (exact) mass is 279 g/mol. The summed E-state index contributed by atoms with van der Waals surface area (Å²) in [5, 5.41) is 3.20. The molecule has 2 bridgehead atoms. The summed E-state index contributed by atoms with van der Waals surface area (Å²) in [5.74, 6) is 1.20. The number of likely N-dealkylation sites (tertiary alicyclic amines) is 1. The van der Waals surface area contributed by atoms with Crippen LogP contribution >= 0.6 is 0 Å². The molecule has 2 atom stereocenters. The summed E-state index contributed by atoms with van der Waals surface area (Å²) in [6, 6.07) is 0.590. The third kappa shape index (κ3) is 2.82. The van der Waals surface area contributed by atoms with Gasteiger partial charge in [0, 0.05) is 25.0 Å². The SMILES string of the molecule is NC1CC2CCCC(C1)C2NC(=O)CN1CCCC1=O. The largest absolute Gasteiger partial charge is 0.351 e. The Labute approximate surface area is 120 Å². The highest BCUT2D eigenvalue weighted by Crippen LogP contribution is 2.39. The molecule has 0 aromatic heterocycles. The summed E-state index contributed by atoms with van der Waals surface area (Å²) in [5.41, 5.74) is 6.10. The zero-order valence-corrected chi connectivity index (χ0v) is 12.0. The van der Waals surface area contributed by atoms with Gasteiger partial charge in [-0.2, -0.15) is 0 Å². The Kier molecular flexibility index (Phi) is 3.96. The first-order valence-electron chi connectivity index (χ1n) is 7.96. The van der Waals surface area contributed by atoms with Gasteiger partial charge < -0.3 is 16.0 Å². The first kappa shape index (κ1) is 13.9. The molecular weight excluding hydrogens is 254 g/mol. The first-order chi connectivity index (χ1) is 9.63. The van der Waals surface area contributed by atoms with Crippen molar-refractivity contribution in [3.8, 4) is 0 Å². The zero-order valence-electron chi connectivity index (χ0n) is 12.0. The van der Waals surface area contributed by atoms with Gasteiger partial charge in [-0.05, 0) is 43.9 Å². The highest BCUT2D eigenvalue weighted by molar-refractivity contribution is 5.86. The Balaban J connectivity index is 1.56.